The van der Waals surface area contributed by atoms with E-state index in [9.17, 15) is 14.4 Å². The van der Waals surface area contributed by atoms with Gasteiger partial charge < -0.3 is 14.9 Å². The number of hydrogen-bond acceptors (Lipinski definition) is 4. The van der Waals surface area contributed by atoms with Crippen molar-refractivity contribution in [2.24, 2.45) is 0 Å². The van der Waals surface area contributed by atoms with E-state index in [1.165, 1.54) is 13.8 Å². The Morgan fingerprint density at radius 3 is 1.94 bits per heavy atom. The molecule has 0 atom stereocenters. The van der Waals surface area contributed by atoms with Gasteiger partial charge in [0.05, 0.1) is 5.57 Å². The van der Waals surface area contributed by atoms with Crippen LogP contribution in [0.4, 0.5) is 0 Å². The second kappa shape index (κ2) is 5.69. The molecule has 0 aliphatic rings. The summed E-state index contributed by atoms with van der Waals surface area (Å²) in [5.41, 5.74) is -0.485. The van der Waals surface area contributed by atoms with Crippen LogP contribution in [0.1, 0.15) is 20.3 Å². The maximum Gasteiger partial charge on any atom is 0.372 e. The van der Waals surface area contributed by atoms with Crippen LogP contribution in [-0.4, -0.2) is 28.1 Å². The summed E-state index contributed by atoms with van der Waals surface area (Å²) in [4.78, 5) is 32.5. The summed E-state index contributed by atoms with van der Waals surface area (Å²) in [5.74, 6) is -4.88. The molecule has 0 rings (SSSR count). The molecule has 0 fully saturated rings. The van der Waals surface area contributed by atoms with Gasteiger partial charge in [-0.1, -0.05) is 13.5 Å². The summed E-state index contributed by atoms with van der Waals surface area (Å²) >= 11 is 0. The van der Waals surface area contributed by atoms with Crippen molar-refractivity contribution in [1.82, 2.24) is 0 Å². The van der Waals surface area contributed by atoms with Crippen molar-refractivity contribution in [2.75, 3.05) is 0 Å². The molecule has 0 unspecified atom stereocenters. The molecule has 0 amide bonds. The zero-order valence-corrected chi connectivity index (χ0v) is 8.94. The number of hydrogen-bond donors (Lipinski definition) is 2. The van der Waals surface area contributed by atoms with Crippen LogP contribution >= 0.6 is 0 Å². The lowest BCUT2D eigenvalue weighted by molar-refractivity contribution is -0.146. The first-order chi connectivity index (χ1) is 7.31. The molecule has 0 saturated carbocycles. The molecule has 2 N–H and O–H groups in total. The number of esters is 1. The number of carbonyl (C=O) groups is 3. The summed E-state index contributed by atoms with van der Waals surface area (Å²) in [6.45, 7) is 6.03. The van der Waals surface area contributed by atoms with E-state index in [0.29, 0.717) is 0 Å². The highest BCUT2D eigenvalue weighted by Gasteiger charge is 2.23. The number of carboxylic acid groups (broad SMARTS) is 2. The first-order valence-corrected chi connectivity index (χ1v) is 4.38. The van der Waals surface area contributed by atoms with Crippen LogP contribution in [0.15, 0.2) is 23.5 Å². The fourth-order valence-corrected chi connectivity index (χ4v) is 0.823. The molecule has 6 nitrogen and oxygen atoms in total. The van der Waals surface area contributed by atoms with E-state index in [1.54, 1.807) is 0 Å². The minimum Gasteiger partial charge on any atom is -0.478 e. The van der Waals surface area contributed by atoms with Gasteiger partial charge in [-0.25, -0.2) is 14.4 Å². The van der Waals surface area contributed by atoms with Crippen molar-refractivity contribution < 1.29 is 29.3 Å². The van der Waals surface area contributed by atoms with Gasteiger partial charge in [-0.05, 0) is 13.3 Å². The van der Waals surface area contributed by atoms with Gasteiger partial charge >= 0.3 is 17.9 Å². The van der Waals surface area contributed by atoms with E-state index in [-0.39, 0.29) is 12.0 Å². The van der Waals surface area contributed by atoms with Gasteiger partial charge in [-0.2, -0.15) is 0 Å². The molecule has 0 aliphatic heterocycles. The molecule has 0 radical (unpaired) electrons. The third-order valence-electron chi connectivity index (χ3n) is 1.62. The molecule has 0 aromatic carbocycles. The molecule has 0 aliphatic carbocycles. The second-order valence-corrected chi connectivity index (χ2v) is 2.94. The fourth-order valence-electron chi connectivity index (χ4n) is 0.823. The van der Waals surface area contributed by atoms with Crippen LogP contribution in [-0.2, 0) is 19.1 Å². The molecule has 6 heteroatoms. The molecule has 0 saturated heterocycles. The number of carbonyl (C=O) groups excluding carboxylic acids is 1. The first-order valence-electron chi connectivity index (χ1n) is 4.38. The molecule has 88 valence electrons. The Morgan fingerprint density at radius 2 is 1.69 bits per heavy atom. The molecule has 0 aromatic heterocycles. The lowest BCUT2D eigenvalue weighted by Crippen LogP contribution is -2.17. The largest absolute Gasteiger partial charge is 0.478 e. The second-order valence-electron chi connectivity index (χ2n) is 2.94. The van der Waals surface area contributed by atoms with E-state index in [4.69, 9.17) is 10.2 Å². The highest BCUT2D eigenvalue weighted by atomic mass is 16.6. The van der Waals surface area contributed by atoms with Crippen LogP contribution in [0.2, 0.25) is 0 Å². The van der Waals surface area contributed by atoms with Crippen molar-refractivity contribution in [1.29, 1.82) is 0 Å². The Hall–Kier alpha value is -2.11. The average molecular weight is 228 g/mol. The van der Waals surface area contributed by atoms with Crippen molar-refractivity contribution in [3.05, 3.63) is 23.5 Å². The van der Waals surface area contributed by atoms with Crippen LogP contribution < -0.4 is 0 Å². The van der Waals surface area contributed by atoms with Gasteiger partial charge in [0.25, 0.3) is 0 Å². The Bertz CT molecular complexity index is 377. The van der Waals surface area contributed by atoms with E-state index in [2.05, 4.69) is 11.3 Å². The summed E-state index contributed by atoms with van der Waals surface area (Å²) in [6.07, 6.45) is -0.0690. The molecule has 0 spiro atoms. The lowest BCUT2D eigenvalue weighted by atomic mass is 10.1. The normalized spacial score (nSPS) is 11.4. The predicted molar refractivity (Wildman–Crippen MR) is 53.5 cm³/mol. The van der Waals surface area contributed by atoms with E-state index in [0.717, 1.165) is 0 Å². The topological polar surface area (TPSA) is 101 Å². The predicted octanol–water partition coefficient (Wildman–Crippen LogP) is 0.939. The molecule has 0 heterocycles. The summed E-state index contributed by atoms with van der Waals surface area (Å²) in [6, 6.07) is 0. The standard InChI is InChI=1S/C10H12O6/c1-4-6(8(11)12)7(9(13)14)16-10(15)5(2)3/h2,4H2,1,3H3,(H,11,12)(H,13,14). The molecule has 0 bridgehead atoms. The SMILES string of the molecule is C=C(C)C(=O)OC(C(=O)O)=C(CC)C(=O)O. The summed E-state index contributed by atoms with van der Waals surface area (Å²) < 4.78 is 4.45. The monoisotopic (exact) mass is 228 g/mol. The third-order valence-corrected chi connectivity index (χ3v) is 1.62. The van der Waals surface area contributed by atoms with Crippen molar-refractivity contribution in [3.63, 3.8) is 0 Å². The highest BCUT2D eigenvalue weighted by molar-refractivity contribution is 6.00. The van der Waals surface area contributed by atoms with Crippen LogP contribution in [0.3, 0.4) is 0 Å². The van der Waals surface area contributed by atoms with E-state index in [1.807, 2.05) is 0 Å². The Kier molecular flexibility index (Phi) is 4.94. The van der Waals surface area contributed by atoms with Gasteiger partial charge in [-0.15, -0.1) is 0 Å². The van der Waals surface area contributed by atoms with Gasteiger partial charge in [0.1, 0.15) is 0 Å². The quantitative estimate of drug-likeness (QED) is 0.412. The van der Waals surface area contributed by atoms with Crippen LogP contribution in [0, 0.1) is 0 Å². The maximum atomic E-state index is 11.1. The number of aliphatic carboxylic acids is 2. The van der Waals surface area contributed by atoms with Gasteiger partial charge in [0.15, 0.2) is 0 Å². The molecule has 0 aromatic rings. The minimum absolute atomic E-state index is 0.0143. The Balaban J connectivity index is 5.30. The Labute approximate surface area is 91.8 Å². The van der Waals surface area contributed by atoms with Gasteiger partial charge in [0, 0.05) is 5.57 Å². The number of carboxylic acids is 2. The van der Waals surface area contributed by atoms with E-state index >= 15 is 0 Å². The Morgan fingerprint density at radius 1 is 1.19 bits per heavy atom. The maximum absolute atomic E-state index is 11.1. The van der Waals surface area contributed by atoms with Gasteiger partial charge in [0.2, 0.25) is 5.76 Å². The molecule has 16 heavy (non-hydrogen) atoms. The summed E-state index contributed by atoms with van der Waals surface area (Å²) in [5, 5.41) is 17.4. The highest BCUT2D eigenvalue weighted by Crippen LogP contribution is 2.13. The molecular weight excluding hydrogens is 216 g/mol. The van der Waals surface area contributed by atoms with E-state index < -0.39 is 29.2 Å². The fraction of sp³-hybridized carbons (Fsp3) is 0.300. The lowest BCUT2D eigenvalue weighted by Gasteiger charge is -2.07. The number of rotatable bonds is 5. The number of ether oxygens (including phenoxy) is 1. The smallest absolute Gasteiger partial charge is 0.372 e. The van der Waals surface area contributed by atoms with Crippen molar-refractivity contribution >= 4 is 17.9 Å². The first kappa shape index (κ1) is 13.9. The molecular formula is C10H12O6. The van der Waals surface area contributed by atoms with Gasteiger partial charge in [-0.3, -0.25) is 0 Å². The van der Waals surface area contributed by atoms with Crippen molar-refractivity contribution in [2.45, 2.75) is 20.3 Å². The minimum atomic E-state index is -1.60. The third kappa shape index (κ3) is 3.56. The van der Waals surface area contributed by atoms with Crippen LogP contribution in [0.5, 0.6) is 0 Å². The van der Waals surface area contributed by atoms with Crippen molar-refractivity contribution in [3.8, 4) is 0 Å². The van der Waals surface area contributed by atoms with Crippen LogP contribution in [0.25, 0.3) is 0 Å². The zero-order valence-electron chi connectivity index (χ0n) is 8.94. The summed E-state index contributed by atoms with van der Waals surface area (Å²) in [7, 11) is 0. The zero-order chi connectivity index (χ0) is 12.9. The average Bonchev–Trinajstić information content (AvgIpc) is 2.16.